The molecule has 1 heterocycles. The number of carbonyl (C=O) groups excluding carboxylic acids is 1. The molecule has 2 rings (SSSR count). The number of Topliss-reactive ketones (excluding diaryl/α,β-unsaturated/α-hetero) is 1. The molecule has 0 N–H and O–H groups in total. The van der Waals surface area contributed by atoms with Crippen LogP contribution in [0.1, 0.15) is 25.7 Å². The summed E-state index contributed by atoms with van der Waals surface area (Å²) in [5.41, 5.74) is 0. The Labute approximate surface area is 94.5 Å². The van der Waals surface area contributed by atoms with Crippen molar-refractivity contribution in [3.8, 4) is 0 Å². The zero-order chi connectivity index (χ0) is 10.5. The monoisotopic (exact) mass is 221 g/mol. The van der Waals surface area contributed by atoms with Crippen LogP contribution in [0.4, 0.5) is 0 Å². The SMILES string of the molecule is O=C(CSc1ccncc1)C1CCCC1. The van der Waals surface area contributed by atoms with Crippen LogP contribution in [0.3, 0.4) is 0 Å². The predicted octanol–water partition coefficient (Wildman–Crippen LogP) is 2.93. The normalized spacial score (nSPS) is 16.8. The topological polar surface area (TPSA) is 30.0 Å². The lowest BCUT2D eigenvalue weighted by molar-refractivity contribution is -0.120. The summed E-state index contributed by atoms with van der Waals surface area (Å²) in [5, 5.41) is 0. The standard InChI is InChI=1S/C12H15NOS/c14-12(10-3-1-2-4-10)9-15-11-5-7-13-8-6-11/h5-8,10H,1-4,9H2. The highest BCUT2D eigenvalue weighted by molar-refractivity contribution is 8.00. The third-order valence-electron chi connectivity index (χ3n) is 2.84. The van der Waals surface area contributed by atoms with Gasteiger partial charge in [-0.25, -0.2) is 0 Å². The van der Waals surface area contributed by atoms with Gasteiger partial charge in [0, 0.05) is 23.2 Å². The van der Waals surface area contributed by atoms with Crippen molar-refractivity contribution in [2.24, 2.45) is 5.92 Å². The second kappa shape index (κ2) is 5.31. The maximum atomic E-state index is 11.8. The minimum absolute atomic E-state index is 0.347. The van der Waals surface area contributed by atoms with Crippen molar-refractivity contribution in [2.45, 2.75) is 30.6 Å². The van der Waals surface area contributed by atoms with E-state index in [0.717, 1.165) is 17.7 Å². The van der Waals surface area contributed by atoms with E-state index in [1.54, 1.807) is 24.2 Å². The minimum Gasteiger partial charge on any atom is -0.298 e. The quantitative estimate of drug-likeness (QED) is 0.732. The van der Waals surface area contributed by atoms with Crippen molar-refractivity contribution < 1.29 is 4.79 Å². The van der Waals surface area contributed by atoms with Crippen molar-refractivity contribution in [1.82, 2.24) is 4.98 Å². The fourth-order valence-electron chi connectivity index (χ4n) is 1.95. The Kier molecular flexibility index (Phi) is 3.78. The number of nitrogens with zero attached hydrogens (tertiary/aromatic N) is 1. The number of aromatic nitrogens is 1. The summed E-state index contributed by atoms with van der Waals surface area (Å²) in [5.74, 6) is 1.39. The second-order valence-electron chi connectivity index (χ2n) is 3.92. The molecule has 0 bridgehead atoms. The fourth-order valence-corrected chi connectivity index (χ4v) is 2.81. The van der Waals surface area contributed by atoms with Crippen LogP contribution in [0.5, 0.6) is 0 Å². The van der Waals surface area contributed by atoms with E-state index >= 15 is 0 Å². The molecule has 3 heteroatoms. The van der Waals surface area contributed by atoms with E-state index in [-0.39, 0.29) is 0 Å². The fraction of sp³-hybridized carbons (Fsp3) is 0.500. The zero-order valence-corrected chi connectivity index (χ0v) is 9.50. The first-order chi connectivity index (χ1) is 7.36. The second-order valence-corrected chi connectivity index (χ2v) is 4.97. The molecule has 1 aromatic rings. The molecule has 1 fully saturated rings. The molecule has 1 aliphatic carbocycles. The van der Waals surface area contributed by atoms with Crippen molar-refractivity contribution >= 4 is 17.5 Å². The van der Waals surface area contributed by atoms with Crippen LogP contribution in [-0.4, -0.2) is 16.5 Å². The third-order valence-corrected chi connectivity index (χ3v) is 3.88. The Hall–Kier alpha value is -0.830. The summed E-state index contributed by atoms with van der Waals surface area (Å²) < 4.78 is 0. The van der Waals surface area contributed by atoms with Gasteiger partial charge in [0.2, 0.25) is 0 Å². The highest BCUT2D eigenvalue weighted by atomic mass is 32.2. The lowest BCUT2D eigenvalue weighted by Crippen LogP contribution is -2.12. The van der Waals surface area contributed by atoms with Gasteiger partial charge in [0.25, 0.3) is 0 Å². The van der Waals surface area contributed by atoms with Gasteiger partial charge in [0.1, 0.15) is 5.78 Å². The number of rotatable bonds is 4. The molecule has 0 atom stereocenters. The van der Waals surface area contributed by atoms with E-state index in [9.17, 15) is 4.79 Å². The lowest BCUT2D eigenvalue weighted by atomic mass is 10.0. The largest absolute Gasteiger partial charge is 0.298 e. The van der Waals surface area contributed by atoms with Gasteiger partial charge >= 0.3 is 0 Å². The van der Waals surface area contributed by atoms with E-state index in [4.69, 9.17) is 0 Å². The van der Waals surface area contributed by atoms with Crippen LogP contribution < -0.4 is 0 Å². The smallest absolute Gasteiger partial charge is 0.146 e. The van der Waals surface area contributed by atoms with E-state index in [0.29, 0.717) is 17.5 Å². The summed E-state index contributed by atoms with van der Waals surface area (Å²) in [4.78, 5) is 16.9. The molecule has 80 valence electrons. The Bertz CT molecular complexity index is 320. The van der Waals surface area contributed by atoms with E-state index in [1.807, 2.05) is 12.1 Å². The van der Waals surface area contributed by atoms with Gasteiger partial charge in [-0.15, -0.1) is 11.8 Å². The van der Waals surface area contributed by atoms with Crippen molar-refractivity contribution in [1.29, 1.82) is 0 Å². The third kappa shape index (κ3) is 3.06. The van der Waals surface area contributed by atoms with E-state index in [2.05, 4.69) is 4.98 Å². The first kappa shape index (κ1) is 10.7. The summed E-state index contributed by atoms with van der Waals surface area (Å²) in [6.45, 7) is 0. The molecule has 1 aromatic heterocycles. The van der Waals surface area contributed by atoms with E-state index < -0.39 is 0 Å². The maximum Gasteiger partial charge on any atom is 0.146 e. The number of hydrogen-bond acceptors (Lipinski definition) is 3. The Morgan fingerprint density at radius 2 is 2.00 bits per heavy atom. The van der Waals surface area contributed by atoms with Crippen molar-refractivity contribution in [2.75, 3.05) is 5.75 Å². The van der Waals surface area contributed by atoms with Gasteiger partial charge < -0.3 is 0 Å². The van der Waals surface area contributed by atoms with Crippen molar-refractivity contribution in [3.63, 3.8) is 0 Å². The lowest BCUT2D eigenvalue weighted by Gasteiger charge is -2.06. The zero-order valence-electron chi connectivity index (χ0n) is 8.69. The Morgan fingerprint density at radius 3 is 2.67 bits per heavy atom. The Morgan fingerprint density at radius 1 is 1.33 bits per heavy atom. The molecule has 0 saturated heterocycles. The molecule has 0 radical (unpaired) electrons. The van der Waals surface area contributed by atoms with Crippen LogP contribution in [0.25, 0.3) is 0 Å². The highest BCUT2D eigenvalue weighted by Crippen LogP contribution is 2.27. The molecule has 0 aromatic carbocycles. The molecule has 2 nitrogen and oxygen atoms in total. The first-order valence-electron chi connectivity index (χ1n) is 5.42. The van der Waals surface area contributed by atoms with Crippen LogP contribution >= 0.6 is 11.8 Å². The molecular weight excluding hydrogens is 206 g/mol. The summed E-state index contributed by atoms with van der Waals surface area (Å²) in [6, 6.07) is 3.90. The molecule has 15 heavy (non-hydrogen) atoms. The van der Waals surface area contributed by atoms with E-state index in [1.165, 1.54) is 12.8 Å². The maximum absolute atomic E-state index is 11.8. The molecule has 0 amide bonds. The van der Waals surface area contributed by atoms with Gasteiger partial charge in [-0.05, 0) is 25.0 Å². The van der Waals surface area contributed by atoms with Gasteiger partial charge in [-0.3, -0.25) is 9.78 Å². The number of carbonyl (C=O) groups is 1. The first-order valence-corrected chi connectivity index (χ1v) is 6.40. The molecule has 1 saturated carbocycles. The number of ketones is 1. The van der Waals surface area contributed by atoms with Crippen LogP contribution in [0, 0.1) is 5.92 Å². The van der Waals surface area contributed by atoms with Gasteiger partial charge in [0.15, 0.2) is 0 Å². The van der Waals surface area contributed by atoms with Gasteiger partial charge in [-0.2, -0.15) is 0 Å². The number of hydrogen-bond donors (Lipinski definition) is 0. The predicted molar refractivity (Wildman–Crippen MR) is 61.9 cm³/mol. The summed E-state index contributed by atoms with van der Waals surface area (Å²) in [7, 11) is 0. The summed E-state index contributed by atoms with van der Waals surface area (Å²) >= 11 is 1.63. The van der Waals surface area contributed by atoms with Crippen molar-refractivity contribution in [3.05, 3.63) is 24.5 Å². The van der Waals surface area contributed by atoms with Gasteiger partial charge in [0.05, 0.1) is 5.75 Å². The molecular formula is C12H15NOS. The number of thioether (sulfide) groups is 1. The molecule has 0 aliphatic heterocycles. The average Bonchev–Trinajstić information content (AvgIpc) is 2.81. The van der Waals surface area contributed by atoms with Gasteiger partial charge in [-0.1, -0.05) is 12.8 Å². The minimum atomic E-state index is 0.347. The van der Waals surface area contributed by atoms with Crippen LogP contribution in [0.2, 0.25) is 0 Å². The van der Waals surface area contributed by atoms with Crippen LogP contribution in [-0.2, 0) is 4.79 Å². The van der Waals surface area contributed by atoms with Crippen LogP contribution in [0.15, 0.2) is 29.4 Å². The average molecular weight is 221 g/mol. The molecule has 0 spiro atoms. The molecule has 0 unspecified atom stereocenters. The summed E-state index contributed by atoms with van der Waals surface area (Å²) in [6.07, 6.45) is 8.21. The molecule has 1 aliphatic rings. The Balaban J connectivity index is 1.80. The highest BCUT2D eigenvalue weighted by Gasteiger charge is 2.22. The number of pyridine rings is 1.